The van der Waals surface area contributed by atoms with Crippen LogP contribution in [0.1, 0.15) is 12.1 Å². The standard InChI is InChI=1S/C11H18N4O/c1-13-11(16)6-7-15(2)8-9-4-3-5-10(12)14-9/h3-5H,6-8H2,1-2H3,(H2,12,14)(H,13,16). The molecular formula is C11H18N4O. The van der Waals surface area contributed by atoms with Gasteiger partial charge in [0.15, 0.2) is 0 Å². The second-order valence-corrected chi connectivity index (χ2v) is 3.71. The van der Waals surface area contributed by atoms with E-state index in [0.717, 1.165) is 5.69 Å². The molecule has 0 saturated heterocycles. The Morgan fingerprint density at radius 1 is 1.56 bits per heavy atom. The Hall–Kier alpha value is -1.62. The molecule has 0 radical (unpaired) electrons. The second kappa shape index (κ2) is 6.07. The van der Waals surface area contributed by atoms with Crippen molar-refractivity contribution in [2.24, 2.45) is 0 Å². The van der Waals surface area contributed by atoms with E-state index in [1.807, 2.05) is 24.1 Å². The highest BCUT2D eigenvalue weighted by Crippen LogP contribution is 2.03. The fraction of sp³-hybridized carbons (Fsp3) is 0.455. The van der Waals surface area contributed by atoms with Crippen molar-refractivity contribution in [2.75, 3.05) is 26.4 Å². The maximum absolute atomic E-state index is 11.0. The van der Waals surface area contributed by atoms with Gasteiger partial charge >= 0.3 is 0 Å². The number of nitrogens with two attached hydrogens (primary N) is 1. The number of nitrogens with one attached hydrogen (secondary N) is 1. The first-order valence-corrected chi connectivity index (χ1v) is 5.22. The number of aromatic nitrogens is 1. The van der Waals surface area contributed by atoms with Crippen molar-refractivity contribution in [2.45, 2.75) is 13.0 Å². The highest BCUT2D eigenvalue weighted by Gasteiger charge is 2.04. The molecule has 0 aliphatic carbocycles. The first-order chi connectivity index (χ1) is 7.61. The van der Waals surface area contributed by atoms with Crippen LogP contribution in [-0.2, 0) is 11.3 Å². The third kappa shape index (κ3) is 4.27. The van der Waals surface area contributed by atoms with Crippen molar-refractivity contribution in [3.63, 3.8) is 0 Å². The van der Waals surface area contributed by atoms with E-state index >= 15 is 0 Å². The molecule has 0 bridgehead atoms. The van der Waals surface area contributed by atoms with Gasteiger partial charge in [-0.2, -0.15) is 0 Å². The van der Waals surface area contributed by atoms with Crippen LogP contribution in [0, 0.1) is 0 Å². The molecule has 1 heterocycles. The molecule has 1 amide bonds. The van der Waals surface area contributed by atoms with Gasteiger partial charge in [0, 0.05) is 26.6 Å². The molecule has 0 atom stereocenters. The number of carbonyl (C=O) groups excluding carboxylic acids is 1. The molecule has 16 heavy (non-hydrogen) atoms. The zero-order valence-electron chi connectivity index (χ0n) is 9.73. The van der Waals surface area contributed by atoms with Gasteiger partial charge in [-0.3, -0.25) is 4.79 Å². The zero-order chi connectivity index (χ0) is 12.0. The topological polar surface area (TPSA) is 71.2 Å². The Kier molecular flexibility index (Phi) is 4.72. The van der Waals surface area contributed by atoms with E-state index in [2.05, 4.69) is 10.3 Å². The Balaban J connectivity index is 2.39. The molecule has 3 N–H and O–H groups in total. The first-order valence-electron chi connectivity index (χ1n) is 5.22. The lowest BCUT2D eigenvalue weighted by atomic mass is 10.3. The molecule has 0 fully saturated rings. The van der Waals surface area contributed by atoms with E-state index in [-0.39, 0.29) is 5.91 Å². The number of hydrogen-bond donors (Lipinski definition) is 2. The average Bonchev–Trinajstić information content (AvgIpc) is 2.26. The Labute approximate surface area is 95.7 Å². The van der Waals surface area contributed by atoms with Crippen LogP contribution < -0.4 is 11.1 Å². The summed E-state index contributed by atoms with van der Waals surface area (Å²) in [6.45, 7) is 1.40. The zero-order valence-corrected chi connectivity index (χ0v) is 9.73. The number of rotatable bonds is 5. The number of nitrogen functional groups attached to an aromatic ring is 1. The molecule has 0 aliphatic heterocycles. The minimum Gasteiger partial charge on any atom is -0.384 e. The van der Waals surface area contributed by atoms with E-state index in [1.165, 1.54) is 0 Å². The fourth-order valence-electron chi connectivity index (χ4n) is 1.36. The summed E-state index contributed by atoms with van der Waals surface area (Å²) in [5.41, 5.74) is 6.50. The van der Waals surface area contributed by atoms with Gasteiger partial charge in [0.2, 0.25) is 5.91 Å². The van der Waals surface area contributed by atoms with Crippen LogP contribution in [0.25, 0.3) is 0 Å². The van der Waals surface area contributed by atoms with Crippen LogP contribution in [0.15, 0.2) is 18.2 Å². The highest BCUT2D eigenvalue weighted by molar-refractivity contribution is 5.75. The Bertz CT molecular complexity index is 354. The predicted octanol–water partition coefficient (Wildman–Crippen LogP) is 0.232. The number of pyridine rings is 1. The predicted molar refractivity (Wildman–Crippen MR) is 63.7 cm³/mol. The van der Waals surface area contributed by atoms with Crippen LogP contribution in [0.4, 0.5) is 5.82 Å². The minimum atomic E-state index is 0.0485. The number of carbonyl (C=O) groups is 1. The molecule has 0 spiro atoms. The summed E-state index contributed by atoms with van der Waals surface area (Å²) >= 11 is 0. The van der Waals surface area contributed by atoms with E-state index in [9.17, 15) is 4.79 Å². The maximum Gasteiger partial charge on any atom is 0.221 e. The molecule has 0 aliphatic rings. The SMILES string of the molecule is CNC(=O)CCN(C)Cc1cccc(N)n1. The molecule has 1 rings (SSSR count). The molecule has 1 aromatic rings. The monoisotopic (exact) mass is 222 g/mol. The molecule has 0 unspecified atom stereocenters. The maximum atomic E-state index is 11.0. The summed E-state index contributed by atoms with van der Waals surface area (Å²) in [5, 5.41) is 2.59. The van der Waals surface area contributed by atoms with Gasteiger partial charge in [-0.1, -0.05) is 6.07 Å². The summed E-state index contributed by atoms with van der Waals surface area (Å²) in [6, 6.07) is 5.56. The lowest BCUT2D eigenvalue weighted by Gasteiger charge is -2.15. The van der Waals surface area contributed by atoms with Crippen molar-refractivity contribution < 1.29 is 4.79 Å². The Morgan fingerprint density at radius 3 is 2.94 bits per heavy atom. The van der Waals surface area contributed by atoms with Gasteiger partial charge in [-0.25, -0.2) is 4.98 Å². The first kappa shape index (κ1) is 12.4. The van der Waals surface area contributed by atoms with Crippen LogP contribution in [0.2, 0.25) is 0 Å². The van der Waals surface area contributed by atoms with E-state index in [1.54, 1.807) is 13.1 Å². The van der Waals surface area contributed by atoms with Gasteiger partial charge in [0.05, 0.1) is 5.69 Å². The van der Waals surface area contributed by atoms with Gasteiger partial charge in [0.25, 0.3) is 0 Å². The van der Waals surface area contributed by atoms with E-state index < -0.39 is 0 Å². The minimum absolute atomic E-state index is 0.0485. The average molecular weight is 222 g/mol. The summed E-state index contributed by atoms with van der Waals surface area (Å²) < 4.78 is 0. The molecule has 1 aromatic heterocycles. The van der Waals surface area contributed by atoms with Crippen LogP contribution >= 0.6 is 0 Å². The van der Waals surface area contributed by atoms with Crippen molar-refractivity contribution in [1.82, 2.24) is 15.2 Å². The van der Waals surface area contributed by atoms with E-state index in [0.29, 0.717) is 25.3 Å². The number of amides is 1. The summed E-state index contributed by atoms with van der Waals surface area (Å²) in [5.74, 6) is 0.574. The van der Waals surface area contributed by atoms with Crippen molar-refractivity contribution in [3.8, 4) is 0 Å². The van der Waals surface area contributed by atoms with Crippen LogP contribution in [0.3, 0.4) is 0 Å². The summed E-state index contributed by atoms with van der Waals surface area (Å²) in [6.07, 6.45) is 0.495. The van der Waals surface area contributed by atoms with Crippen LogP contribution in [-0.4, -0.2) is 36.4 Å². The van der Waals surface area contributed by atoms with E-state index in [4.69, 9.17) is 5.73 Å². The van der Waals surface area contributed by atoms with Gasteiger partial charge in [0.1, 0.15) is 5.82 Å². The molecule has 5 heteroatoms. The third-order valence-electron chi connectivity index (χ3n) is 2.26. The lowest BCUT2D eigenvalue weighted by Crippen LogP contribution is -2.26. The fourth-order valence-corrected chi connectivity index (χ4v) is 1.36. The van der Waals surface area contributed by atoms with Gasteiger partial charge in [-0.15, -0.1) is 0 Å². The van der Waals surface area contributed by atoms with Gasteiger partial charge < -0.3 is 16.0 Å². The molecule has 0 saturated carbocycles. The van der Waals surface area contributed by atoms with Gasteiger partial charge in [-0.05, 0) is 19.2 Å². The third-order valence-corrected chi connectivity index (χ3v) is 2.26. The largest absolute Gasteiger partial charge is 0.384 e. The second-order valence-electron chi connectivity index (χ2n) is 3.71. The lowest BCUT2D eigenvalue weighted by molar-refractivity contribution is -0.120. The highest BCUT2D eigenvalue weighted by atomic mass is 16.1. The molecule has 5 nitrogen and oxygen atoms in total. The summed E-state index contributed by atoms with van der Waals surface area (Å²) in [4.78, 5) is 17.3. The van der Waals surface area contributed by atoms with Crippen LogP contribution in [0.5, 0.6) is 0 Å². The normalized spacial score (nSPS) is 10.4. The number of anilines is 1. The van der Waals surface area contributed by atoms with Crippen molar-refractivity contribution in [1.29, 1.82) is 0 Å². The molecule has 88 valence electrons. The Morgan fingerprint density at radius 2 is 2.31 bits per heavy atom. The quantitative estimate of drug-likeness (QED) is 0.748. The van der Waals surface area contributed by atoms with Crippen molar-refractivity contribution in [3.05, 3.63) is 23.9 Å². The smallest absolute Gasteiger partial charge is 0.221 e. The summed E-state index contributed by atoms with van der Waals surface area (Å²) in [7, 11) is 3.59. The van der Waals surface area contributed by atoms with Crippen molar-refractivity contribution >= 4 is 11.7 Å². The molecular weight excluding hydrogens is 204 g/mol. The number of hydrogen-bond acceptors (Lipinski definition) is 4. The molecule has 0 aromatic carbocycles. The number of nitrogens with zero attached hydrogens (tertiary/aromatic N) is 2.